The summed E-state index contributed by atoms with van der Waals surface area (Å²) in [6.45, 7) is 4.48. The van der Waals surface area contributed by atoms with E-state index in [-0.39, 0.29) is 5.78 Å². The summed E-state index contributed by atoms with van der Waals surface area (Å²) in [6.07, 6.45) is 2.49. The molecule has 3 nitrogen and oxygen atoms in total. The van der Waals surface area contributed by atoms with E-state index in [1.165, 1.54) is 12.8 Å². The summed E-state index contributed by atoms with van der Waals surface area (Å²) in [5.41, 5.74) is 2.90. The molecule has 1 aromatic rings. The number of Topliss-reactive ketones (excluding diaryl/α,β-unsaturated/α-hetero) is 1. The molecule has 1 heterocycles. The first-order valence-corrected chi connectivity index (χ1v) is 5.47. The number of carbonyl (C=O) groups excluding carboxylic acids is 1. The molecule has 0 radical (unpaired) electrons. The smallest absolute Gasteiger partial charge is 0.178 e. The van der Waals surface area contributed by atoms with Crippen LogP contribution in [0, 0.1) is 13.8 Å². The molecule has 1 fully saturated rings. The average Bonchev–Trinajstić information content (AvgIpc) is 2.92. The van der Waals surface area contributed by atoms with Gasteiger partial charge < -0.3 is 4.98 Å². The van der Waals surface area contributed by atoms with E-state index in [0.717, 1.165) is 17.0 Å². The summed E-state index contributed by atoms with van der Waals surface area (Å²) in [4.78, 5) is 17.3. The molecule has 1 saturated carbocycles. The number of aryl methyl sites for hydroxylation is 2. The third-order valence-corrected chi connectivity index (χ3v) is 3.01. The summed E-state index contributed by atoms with van der Waals surface area (Å²) in [7, 11) is 2.03. The third kappa shape index (κ3) is 2.29. The highest BCUT2D eigenvalue weighted by atomic mass is 16.1. The number of H-pyrrole nitrogens is 1. The monoisotopic (exact) mass is 206 g/mol. The van der Waals surface area contributed by atoms with Crippen molar-refractivity contribution in [2.24, 2.45) is 0 Å². The van der Waals surface area contributed by atoms with Crippen LogP contribution in [-0.4, -0.2) is 35.3 Å². The molecular formula is C12H18N2O. The minimum atomic E-state index is 0.228. The molecule has 0 unspecified atom stereocenters. The SMILES string of the molecule is Cc1cc(C(=O)CN(C)C2CC2)c(C)[nH]1. The summed E-state index contributed by atoms with van der Waals surface area (Å²) in [5, 5.41) is 0. The van der Waals surface area contributed by atoms with Crippen LogP contribution < -0.4 is 0 Å². The maximum absolute atomic E-state index is 12.0. The van der Waals surface area contributed by atoms with Crippen molar-refractivity contribution in [2.75, 3.05) is 13.6 Å². The number of hydrogen-bond donors (Lipinski definition) is 1. The molecule has 2 rings (SSSR count). The summed E-state index contributed by atoms with van der Waals surface area (Å²) < 4.78 is 0. The standard InChI is InChI=1S/C12H18N2O/c1-8-6-11(9(2)13-8)12(15)7-14(3)10-4-5-10/h6,10,13H,4-5,7H2,1-3H3. The normalized spacial score (nSPS) is 16.0. The minimum absolute atomic E-state index is 0.228. The van der Waals surface area contributed by atoms with Gasteiger partial charge >= 0.3 is 0 Å². The number of aromatic amines is 1. The second-order valence-electron chi connectivity index (χ2n) is 4.56. The highest BCUT2D eigenvalue weighted by Crippen LogP contribution is 2.25. The van der Waals surface area contributed by atoms with Crippen molar-refractivity contribution < 1.29 is 4.79 Å². The van der Waals surface area contributed by atoms with Crippen molar-refractivity contribution in [1.29, 1.82) is 0 Å². The van der Waals surface area contributed by atoms with Crippen molar-refractivity contribution in [3.8, 4) is 0 Å². The number of nitrogens with one attached hydrogen (secondary N) is 1. The lowest BCUT2D eigenvalue weighted by atomic mass is 10.1. The van der Waals surface area contributed by atoms with E-state index in [1.54, 1.807) is 0 Å². The Hall–Kier alpha value is -1.09. The maximum atomic E-state index is 12.0. The Morgan fingerprint density at radius 3 is 2.67 bits per heavy atom. The molecular weight excluding hydrogens is 188 g/mol. The molecule has 3 heteroatoms. The van der Waals surface area contributed by atoms with Gasteiger partial charge in [-0.3, -0.25) is 9.69 Å². The first-order valence-electron chi connectivity index (χ1n) is 5.47. The van der Waals surface area contributed by atoms with Gasteiger partial charge in [0.1, 0.15) is 0 Å². The van der Waals surface area contributed by atoms with Gasteiger partial charge in [-0.05, 0) is 39.8 Å². The molecule has 0 amide bonds. The molecule has 1 N–H and O–H groups in total. The maximum Gasteiger partial charge on any atom is 0.178 e. The van der Waals surface area contributed by atoms with E-state index in [1.807, 2.05) is 27.0 Å². The number of nitrogens with zero attached hydrogens (tertiary/aromatic N) is 1. The van der Waals surface area contributed by atoms with Crippen LogP contribution in [0.1, 0.15) is 34.6 Å². The Kier molecular flexibility index (Phi) is 2.65. The second-order valence-corrected chi connectivity index (χ2v) is 4.56. The Labute approximate surface area is 90.5 Å². The molecule has 1 aliphatic carbocycles. The van der Waals surface area contributed by atoms with Gasteiger partial charge in [0.25, 0.3) is 0 Å². The zero-order valence-electron chi connectivity index (χ0n) is 9.63. The Balaban J connectivity index is 2.03. The molecule has 0 aromatic carbocycles. The fraction of sp³-hybridized carbons (Fsp3) is 0.583. The topological polar surface area (TPSA) is 36.1 Å². The number of aromatic nitrogens is 1. The van der Waals surface area contributed by atoms with E-state index in [9.17, 15) is 4.79 Å². The molecule has 0 spiro atoms. The molecule has 0 bridgehead atoms. The van der Waals surface area contributed by atoms with Gasteiger partial charge in [0, 0.05) is 23.0 Å². The lowest BCUT2D eigenvalue weighted by Crippen LogP contribution is -2.28. The lowest BCUT2D eigenvalue weighted by molar-refractivity contribution is 0.0942. The Bertz CT molecular complexity index is 377. The Morgan fingerprint density at radius 2 is 2.20 bits per heavy atom. The first kappa shape index (κ1) is 10.4. The predicted octanol–water partition coefficient (Wildman–Crippen LogP) is 1.91. The van der Waals surface area contributed by atoms with Crippen molar-refractivity contribution in [3.63, 3.8) is 0 Å². The van der Waals surface area contributed by atoms with Crippen LogP contribution in [0.4, 0.5) is 0 Å². The van der Waals surface area contributed by atoms with Crippen molar-refractivity contribution in [1.82, 2.24) is 9.88 Å². The zero-order chi connectivity index (χ0) is 11.0. The summed E-state index contributed by atoms with van der Waals surface area (Å²) >= 11 is 0. The number of rotatable bonds is 4. The van der Waals surface area contributed by atoms with Crippen LogP contribution in [0.25, 0.3) is 0 Å². The first-order chi connectivity index (χ1) is 7.08. The van der Waals surface area contributed by atoms with Crippen LogP contribution in [-0.2, 0) is 0 Å². The molecule has 1 aliphatic rings. The quantitative estimate of drug-likeness (QED) is 0.764. The lowest BCUT2D eigenvalue weighted by Gasteiger charge is -2.13. The van der Waals surface area contributed by atoms with Crippen LogP contribution in [0.2, 0.25) is 0 Å². The highest BCUT2D eigenvalue weighted by Gasteiger charge is 2.27. The van der Waals surface area contributed by atoms with Crippen LogP contribution >= 0.6 is 0 Å². The van der Waals surface area contributed by atoms with Crippen LogP contribution in [0.5, 0.6) is 0 Å². The molecule has 0 saturated heterocycles. The molecule has 82 valence electrons. The van der Waals surface area contributed by atoms with Gasteiger partial charge in [0.2, 0.25) is 0 Å². The molecule has 15 heavy (non-hydrogen) atoms. The van der Waals surface area contributed by atoms with E-state index in [0.29, 0.717) is 12.6 Å². The van der Waals surface area contributed by atoms with E-state index < -0.39 is 0 Å². The number of carbonyl (C=O) groups is 1. The molecule has 1 aromatic heterocycles. The number of likely N-dealkylation sites (N-methyl/N-ethyl adjacent to an activating group) is 1. The number of hydrogen-bond acceptors (Lipinski definition) is 2. The Morgan fingerprint density at radius 1 is 1.53 bits per heavy atom. The van der Waals surface area contributed by atoms with Gasteiger partial charge in [-0.25, -0.2) is 0 Å². The predicted molar refractivity (Wildman–Crippen MR) is 60.2 cm³/mol. The van der Waals surface area contributed by atoms with E-state index in [2.05, 4.69) is 9.88 Å². The molecule has 0 atom stereocenters. The van der Waals surface area contributed by atoms with Gasteiger partial charge in [-0.2, -0.15) is 0 Å². The summed E-state index contributed by atoms with van der Waals surface area (Å²) in [5.74, 6) is 0.228. The van der Waals surface area contributed by atoms with Crippen molar-refractivity contribution >= 4 is 5.78 Å². The van der Waals surface area contributed by atoms with Crippen molar-refractivity contribution in [2.45, 2.75) is 32.7 Å². The van der Waals surface area contributed by atoms with E-state index >= 15 is 0 Å². The fourth-order valence-corrected chi connectivity index (χ4v) is 1.97. The van der Waals surface area contributed by atoms with Crippen LogP contribution in [0.3, 0.4) is 0 Å². The van der Waals surface area contributed by atoms with Gasteiger partial charge in [0.15, 0.2) is 5.78 Å². The van der Waals surface area contributed by atoms with Crippen LogP contribution in [0.15, 0.2) is 6.07 Å². The van der Waals surface area contributed by atoms with Gasteiger partial charge in [0.05, 0.1) is 6.54 Å². The third-order valence-electron chi connectivity index (χ3n) is 3.01. The largest absolute Gasteiger partial charge is 0.362 e. The van der Waals surface area contributed by atoms with E-state index in [4.69, 9.17) is 0 Å². The fourth-order valence-electron chi connectivity index (χ4n) is 1.97. The highest BCUT2D eigenvalue weighted by molar-refractivity contribution is 5.98. The van der Waals surface area contributed by atoms with Gasteiger partial charge in [-0.1, -0.05) is 0 Å². The second kappa shape index (κ2) is 3.81. The molecule has 0 aliphatic heterocycles. The van der Waals surface area contributed by atoms with Crippen molar-refractivity contribution in [3.05, 3.63) is 23.0 Å². The summed E-state index contributed by atoms with van der Waals surface area (Å²) in [6, 6.07) is 2.59. The number of ketones is 1. The zero-order valence-corrected chi connectivity index (χ0v) is 9.63. The minimum Gasteiger partial charge on any atom is -0.362 e. The average molecular weight is 206 g/mol. The van der Waals surface area contributed by atoms with Gasteiger partial charge in [-0.15, -0.1) is 0 Å².